The number of furan rings is 1. The lowest BCUT2D eigenvalue weighted by Crippen LogP contribution is -2.59. The minimum absolute atomic E-state index is 0.234. The van der Waals surface area contributed by atoms with E-state index in [2.05, 4.69) is 15.9 Å². The Balaban J connectivity index is 1.45. The summed E-state index contributed by atoms with van der Waals surface area (Å²) < 4.78 is 11.0. The standard InChI is InChI=1S/C21H32N2O3/c1-16(24)25-15-19-10-9-18(26-19)14-23-13-12-22-11-5-8-20(22)21(23)17-6-3-2-4-7-17/h9-10,17,20-21H,2-8,11-15H2,1H3. The van der Waals surface area contributed by atoms with Gasteiger partial charge in [0.2, 0.25) is 0 Å². The molecule has 4 rings (SSSR count). The highest BCUT2D eigenvalue weighted by Crippen LogP contribution is 2.38. The first kappa shape index (κ1) is 18.1. The van der Waals surface area contributed by atoms with E-state index >= 15 is 0 Å². The maximum atomic E-state index is 11.0. The average Bonchev–Trinajstić information content (AvgIpc) is 3.29. The SMILES string of the molecule is CC(=O)OCc1ccc(CN2CCN3CCCC3C2C2CCCCC2)o1. The van der Waals surface area contributed by atoms with Gasteiger partial charge in [0.15, 0.2) is 0 Å². The van der Waals surface area contributed by atoms with Crippen molar-refractivity contribution in [3.63, 3.8) is 0 Å². The Kier molecular flexibility index (Phi) is 5.65. The zero-order chi connectivity index (χ0) is 17.9. The van der Waals surface area contributed by atoms with Gasteiger partial charge in [-0.3, -0.25) is 14.6 Å². The number of fused-ring (bicyclic) bond motifs is 1. The Morgan fingerprint density at radius 2 is 1.88 bits per heavy atom. The van der Waals surface area contributed by atoms with Gasteiger partial charge in [0.25, 0.3) is 0 Å². The van der Waals surface area contributed by atoms with Gasteiger partial charge in [0.05, 0.1) is 6.54 Å². The molecule has 1 saturated carbocycles. The number of piperazine rings is 1. The van der Waals surface area contributed by atoms with Gasteiger partial charge in [-0.05, 0) is 50.3 Å². The molecule has 2 aliphatic heterocycles. The van der Waals surface area contributed by atoms with Crippen molar-refractivity contribution >= 4 is 5.97 Å². The molecular formula is C21H32N2O3. The summed E-state index contributed by atoms with van der Waals surface area (Å²) in [7, 11) is 0. The molecule has 3 aliphatic rings. The highest BCUT2D eigenvalue weighted by molar-refractivity contribution is 5.65. The van der Waals surface area contributed by atoms with Crippen LogP contribution in [0.5, 0.6) is 0 Å². The fourth-order valence-electron chi connectivity index (χ4n) is 5.40. The van der Waals surface area contributed by atoms with Crippen molar-refractivity contribution < 1.29 is 13.9 Å². The summed E-state index contributed by atoms with van der Waals surface area (Å²) in [5.41, 5.74) is 0. The van der Waals surface area contributed by atoms with E-state index < -0.39 is 0 Å². The fraction of sp³-hybridized carbons (Fsp3) is 0.762. The molecular weight excluding hydrogens is 328 g/mol. The summed E-state index contributed by atoms with van der Waals surface area (Å²) in [6.07, 6.45) is 9.70. The van der Waals surface area contributed by atoms with Gasteiger partial charge in [-0.2, -0.15) is 0 Å². The Morgan fingerprint density at radius 3 is 2.69 bits per heavy atom. The normalized spacial score (nSPS) is 28.2. The van der Waals surface area contributed by atoms with Crippen LogP contribution in [-0.2, 0) is 22.7 Å². The lowest BCUT2D eigenvalue weighted by Gasteiger charge is -2.49. The smallest absolute Gasteiger partial charge is 0.303 e. The summed E-state index contributed by atoms with van der Waals surface area (Å²) in [5, 5.41) is 0. The van der Waals surface area contributed by atoms with Crippen LogP contribution in [0.4, 0.5) is 0 Å². The van der Waals surface area contributed by atoms with E-state index in [9.17, 15) is 4.79 Å². The molecule has 1 aromatic rings. The van der Waals surface area contributed by atoms with Crippen molar-refractivity contribution in [1.29, 1.82) is 0 Å². The van der Waals surface area contributed by atoms with E-state index in [4.69, 9.17) is 9.15 Å². The molecule has 0 amide bonds. The van der Waals surface area contributed by atoms with Crippen molar-refractivity contribution in [3.05, 3.63) is 23.7 Å². The molecule has 2 atom stereocenters. The van der Waals surface area contributed by atoms with Crippen molar-refractivity contribution in [2.24, 2.45) is 5.92 Å². The lowest BCUT2D eigenvalue weighted by atomic mass is 9.78. The number of hydrogen-bond acceptors (Lipinski definition) is 5. The van der Waals surface area contributed by atoms with Crippen LogP contribution in [0.15, 0.2) is 16.5 Å². The molecule has 3 fully saturated rings. The molecule has 0 spiro atoms. The third-order valence-corrected chi connectivity index (χ3v) is 6.53. The second-order valence-corrected chi connectivity index (χ2v) is 8.25. The van der Waals surface area contributed by atoms with Crippen molar-refractivity contribution in [1.82, 2.24) is 9.80 Å². The predicted octanol–water partition coefficient (Wildman–Crippen LogP) is 3.57. The van der Waals surface area contributed by atoms with Crippen LogP contribution >= 0.6 is 0 Å². The predicted molar refractivity (Wildman–Crippen MR) is 99.5 cm³/mol. The molecule has 0 bridgehead atoms. The summed E-state index contributed by atoms with van der Waals surface area (Å²) in [6, 6.07) is 5.41. The number of nitrogens with zero attached hydrogens (tertiary/aromatic N) is 2. The molecule has 0 aromatic carbocycles. The van der Waals surface area contributed by atoms with Crippen LogP contribution in [0.25, 0.3) is 0 Å². The molecule has 1 aliphatic carbocycles. The molecule has 144 valence electrons. The Labute approximate surface area is 156 Å². The zero-order valence-corrected chi connectivity index (χ0v) is 16.0. The number of hydrogen-bond donors (Lipinski definition) is 0. The Morgan fingerprint density at radius 1 is 1.08 bits per heavy atom. The van der Waals surface area contributed by atoms with E-state index in [0.717, 1.165) is 36.6 Å². The first-order valence-electron chi connectivity index (χ1n) is 10.4. The largest absolute Gasteiger partial charge is 0.461 e. The van der Waals surface area contributed by atoms with Gasteiger partial charge in [0.1, 0.15) is 18.1 Å². The van der Waals surface area contributed by atoms with Crippen LogP contribution in [-0.4, -0.2) is 47.5 Å². The van der Waals surface area contributed by atoms with E-state index in [1.165, 1.54) is 65.0 Å². The quantitative estimate of drug-likeness (QED) is 0.751. The van der Waals surface area contributed by atoms with Gasteiger partial charge < -0.3 is 9.15 Å². The Bertz CT molecular complexity index is 608. The first-order valence-corrected chi connectivity index (χ1v) is 10.4. The van der Waals surface area contributed by atoms with Crippen LogP contribution < -0.4 is 0 Å². The summed E-state index contributed by atoms with van der Waals surface area (Å²) >= 11 is 0. The molecule has 3 heterocycles. The number of carbonyl (C=O) groups excluding carboxylic acids is 1. The second kappa shape index (κ2) is 8.13. The van der Waals surface area contributed by atoms with Crippen LogP contribution in [0, 0.1) is 5.92 Å². The van der Waals surface area contributed by atoms with Gasteiger partial charge >= 0.3 is 5.97 Å². The van der Waals surface area contributed by atoms with Gasteiger partial charge in [-0.25, -0.2) is 0 Å². The third kappa shape index (κ3) is 3.99. The molecule has 5 nitrogen and oxygen atoms in total. The monoisotopic (exact) mass is 360 g/mol. The number of carbonyl (C=O) groups is 1. The number of rotatable bonds is 5. The van der Waals surface area contributed by atoms with Crippen molar-refractivity contribution in [3.8, 4) is 0 Å². The highest BCUT2D eigenvalue weighted by Gasteiger charge is 2.43. The van der Waals surface area contributed by atoms with E-state index in [0.29, 0.717) is 6.04 Å². The van der Waals surface area contributed by atoms with E-state index in [1.54, 1.807) is 0 Å². The molecule has 2 saturated heterocycles. The number of esters is 1. The maximum absolute atomic E-state index is 11.0. The molecule has 0 radical (unpaired) electrons. The average molecular weight is 360 g/mol. The minimum atomic E-state index is -0.266. The van der Waals surface area contributed by atoms with E-state index in [1.807, 2.05) is 6.07 Å². The molecule has 5 heteroatoms. The molecule has 26 heavy (non-hydrogen) atoms. The maximum Gasteiger partial charge on any atom is 0.303 e. The highest BCUT2D eigenvalue weighted by atomic mass is 16.5. The summed E-state index contributed by atoms with van der Waals surface area (Å²) in [6.45, 7) is 6.16. The van der Waals surface area contributed by atoms with Crippen LogP contribution in [0.3, 0.4) is 0 Å². The van der Waals surface area contributed by atoms with Crippen LogP contribution in [0.2, 0.25) is 0 Å². The summed E-state index contributed by atoms with van der Waals surface area (Å²) in [5.74, 6) is 2.31. The number of ether oxygens (including phenoxy) is 1. The van der Waals surface area contributed by atoms with Crippen molar-refractivity contribution in [2.75, 3.05) is 19.6 Å². The first-order chi connectivity index (χ1) is 12.7. The van der Waals surface area contributed by atoms with Crippen molar-refractivity contribution in [2.45, 2.75) is 77.1 Å². The molecule has 1 aromatic heterocycles. The minimum Gasteiger partial charge on any atom is -0.461 e. The topological polar surface area (TPSA) is 45.9 Å². The van der Waals surface area contributed by atoms with E-state index in [-0.39, 0.29) is 12.6 Å². The second-order valence-electron chi connectivity index (χ2n) is 8.25. The lowest BCUT2D eigenvalue weighted by molar-refractivity contribution is -0.142. The van der Waals surface area contributed by atoms with Gasteiger partial charge in [-0.15, -0.1) is 0 Å². The van der Waals surface area contributed by atoms with Gasteiger partial charge in [-0.1, -0.05) is 19.3 Å². The van der Waals surface area contributed by atoms with Crippen LogP contribution in [0.1, 0.15) is 63.4 Å². The molecule has 0 N–H and O–H groups in total. The Hall–Kier alpha value is -1.33. The van der Waals surface area contributed by atoms with Gasteiger partial charge in [0, 0.05) is 32.1 Å². The summed E-state index contributed by atoms with van der Waals surface area (Å²) in [4.78, 5) is 16.4. The molecule has 2 unspecified atom stereocenters. The third-order valence-electron chi connectivity index (χ3n) is 6.53. The fourth-order valence-corrected chi connectivity index (χ4v) is 5.40. The zero-order valence-electron chi connectivity index (χ0n) is 16.0.